The molecule has 0 saturated heterocycles. The molecule has 0 radical (unpaired) electrons. The Morgan fingerprint density at radius 3 is 2.83 bits per heavy atom. The first-order chi connectivity index (χ1) is 8.72. The Morgan fingerprint density at radius 2 is 2.17 bits per heavy atom. The lowest BCUT2D eigenvalue weighted by atomic mass is 10.2. The molecule has 0 unspecified atom stereocenters. The molecule has 18 heavy (non-hydrogen) atoms. The molecule has 0 atom stereocenters. The minimum atomic E-state index is 0.773. The van der Waals surface area contributed by atoms with Gasteiger partial charge in [-0.05, 0) is 18.6 Å². The summed E-state index contributed by atoms with van der Waals surface area (Å²) in [5, 5.41) is 3.06. The maximum absolute atomic E-state index is 4.34. The van der Waals surface area contributed by atoms with Gasteiger partial charge in [-0.1, -0.05) is 6.07 Å². The molecular weight excluding hydrogens is 226 g/mol. The molecule has 0 aromatic carbocycles. The molecule has 0 bridgehead atoms. The van der Waals surface area contributed by atoms with Crippen LogP contribution in [0.15, 0.2) is 30.9 Å². The van der Waals surface area contributed by atoms with Crippen molar-refractivity contribution < 1.29 is 0 Å². The van der Waals surface area contributed by atoms with Gasteiger partial charge in [0, 0.05) is 38.6 Å². The second-order valence-corrected chi connectivity index (χ2v) is 4.14. The van der Waals surface area contributed by atoms with Gasteiger partial charge in [0.1, 0.15) is 18.0 Å². The average molecular weight is 243 g/mol. The van der Waals surface area contributed by atoms with Crippen LogP contribution in [-0.4, -0.2) is 29.0 Å². The second kappa shape index (κ2) is 5.44. The molecule has 0 amide bonds. The van der Waals surface area contributed by atoms with E-state index >= 15 is 0 Å². The molecule has 0 aliphatic rings. The van der Waals surface area contributed by atoms with Crippen molar-refractivity contribution in [3.8, 4) is 0 Å². The summed E-state index contributed by atoms with van der Waals surface area (Å²) >= 11 is 0. The van der Waals surface area contributed by atoms with Gasteiger partial charge in [-0.2, -0.15) is 0 Å². The predicted octanol–water partition coefficient (Wildman–Crippen LogP) is 1.86. The van der Waals surface area contributed by atoms with Crippen LogP contribution in [0.5, 0.6) is 0 Å². The third kappa shape index (κ3) is 2.56. The Hall–Kier alpha value is -2.17. The van der Waals surface area contributed by atoms with Crippen molar-refractivity contribution in [2.45, 2.75) is 13.5 Å². The lowest BCUT2D eigenvalue weighted by Crippen LogP contribution is -2.19. The van der Waals surface area contributed by atoms with E-state index in [1.54, 1.807) is 12.5 Å². The van der Waals surface area contributed by atoms with E-state index < -0.39 is 0 Å². The van der Waals surface area contributed by atoms with E-state index in [0.717, 1.165) is 29.3 Å². The highest BCUT2D eigenvalue weighted by Crippen LogP contribution is 2.21. The monoisotopic (exact) mass is 243 g/mol. The van der Waals surface area contributed by atoms with Crippen LogP contribution >= 0.6 is 0 Å². The predicted molar refractivity (Wildman–Crippen MR) is 72.7 cm³/mol. The van der Waals surface area contributed by atoms with E-state index in [2.05, 4.69) is 31.2 Å². The van der Waals surface area contributed by atoms with E-state index in [0.29, 0.717) is 0 Å². The highest BCUT2D eigenvalue weighted by atomic mass is 15.2. The zero-order chi connectivity index (χ0) is 13.0. The van der Waals surface area contributed by atoms with Gasteiger partial charge in [-0.15, -0.1) is 0 Å². The van der Waals surface area contributed by atoms with Crippen LogP contribution in [0, 0.1) is 6.92 Å². The quantitative estimate of drug-likeness (QED) is 0.888. The highest BCUT2D eigenvalue weighted by Gasteiger charge is 2.10. The Labute approximate surface area is 107 Å². The lowest BCUT2D eigenvalue weighted by Gasteiger charge is -2.20. The van der Waals surface area contributed by atoms with Gasteiger partial charge in [0.05, 0.1) is 0 Å². The number of anilines is 2. The van der Waals surface area contributed by atoms with E-state index in [9.17, 15) is 0 Å². The van der Waals surface area contributed by atoms with Gasteiger partial charge in [0.25, 0.3) is 0 Å². The summed E-state index contributed by atoms with van der Waals surface area (Å²) in [4.78, 5) is 14.7. The fourth-order valence-electron chi connectivity index (χ4n) is 1.92. The fraction of sp³-hybridized carbons (Fsp3) is 0.308. The molecule has 2 aromatic rings. The maximum Gasteiger partial charge on any atom is 0.137 e. The molecule has 2 heterocycles. The van der Waals surface area contributed by atoms with Gasteiger partial charge in [-0.25, -0.2) is 9.97 Å². The zero-order valence-corrected chi connectivity index (χ0v) is 10.9. The van der Waals surface area contributed by atoms with Crippen molar-refractivity contribution in [1.29, 1.82) is 0 Å². The van der Waals surface area contributed by atoms with Crippen LogP contribution in [0.1, 0.15) is 11.1 Å². The lowest BCUT2D eigenvalue weighted by molar-refractivity contribution is 0.877. The zero-order valence-electron chi connectivity index (χ0n) is 10.9. The summed E-state index contributed by atoms with van der Waals surface area (Å²) in [5.41, 5.74) is 2.20. The average Bonchev–Trinajstić information content (AvgIpc) is 2.40. The number of hydrogen-bond donors (Lipinski definition) is 1. The molecule has 5 nitrogen and oxygen atoms in total. The normalized spacial score (nSPS) is 10.2. The number of nitrogens with zero attached hydrogens (tertiary/aromatic N) is 4. The molecule has 94 valence electrons. The van der Waals surface area contributed by atoms with E-state index in [-0.39, 0.29) is 0 Å². The van der Waals surface area contributed by atoms with Gasteiger partial charge in [0.2, 0.25) is 0 Å². The summed E-state index contributed by atoms with van der Waals surface area (Å²) < 4.78 is 0. The molecule has 2 rings (SSSR count). The SMILES string of the molecule is CNc1ncnc(N(C)Cc2cccnc2)c1C. The molecule has 5 heteroatoms. The largest absolute Gasteiger partial charge is 0.373 e. The molecule has 1 N–H and O–H groups in total. The summed E-state index contributed by atoms with van der Waals surface area (Å²) in [6.07, 6.45) is 5.22. The van der Waals surface area contributed by atoms with Crippen LogP contribution in [-0.2, 0) is 6.54 Å². The maximum atomic E-state index is 4.34. The van der Waals surface area contributed by atoms with Gasteiger partial charge in [0.15, 0.2) is 0 Å². The minimum absolute atomic E-state index is 0.773. The van der Waals surface area contributed by atoms with Crippen LogP contribution in [0.25, 0.3) is 0 Å². The third-order valence-corrected chi connectivity index (χ3v) is 2.80. The second-order valence-electron chi connectivity index (χ2n) is 4.14. The number of aromatic nitrogens is 3. The van der Waals surface area contributed by atoms with Crippen molar-refractivity contribution in [1.82, 2.24) is 15.0 Å². The van der Waals surface area contributed by atoms with Gasteiger partial charge >= 0.3 is 0 Å². The Kier molecular flexibility index (Phi) is 3.72. The molecule has 0 spiro atoms. The summed E-state index contributed by atoms with van der Waals surface area (Å²) in [6, 6.07) is 3.99. The highest BCUT2D eigenvalue weighted by molar-refractivity contribution is 5.57. The number of pyridine rings is 1. The molecule has 0 aliphatic heterocycles. The fourth-order valence-corrected chi connectivity index (χ4v) is 1.92. The van der Waals surface area contributed by atoms with Crippen molar-refractivity contribution in [2.75, 3.05) is 24.3 Å². The Morgan fingerprint density at radius 1 is 1.33 bits per heavy atom. The van der Waals surface area contributed by atoms with Crippen LogP contribution in [0.4, 0.5) is 11.6 Å². The van der Waals surface area contributed by atoms with Gasteiger partial charge < -0.3 is 10.2 Å². The third-order valence-electron chi connectivity index (χ3n) is 2.80. The Bertz CT molecular complexity index is 512. The first-order valence-corrected chi connectivity index (χ1v) is 5.81. The van der Waals surface area contributed by atoms with Crippen LogP contribution in [0.3, 0.4) is 0 Å². The molecule has 2 aromatic heterocycles. The number of rotatable bonds is 4. The van der Waals surface area contributed by atoms with E-state index in [4.69, 9.17) is 0 Å². The molecule has 0 saturated carbocycles. The van der Waals surface area contributed by atoms with E-state index in [1.165, 1.54) is 0 Å². The smallest absolute Gasteiger partial charge is 0.137 e. The number of hydrogen-bond acceptors (Lipinski definition) is 5. The first-order valence-electron chi connectivity index (χ1n) is 5.81. The Balaban J connectivity index is 2.21. The van der Waals surface area contributed by atoms with E-state index in [1.807, 2.05) is 33.3 Å². The minimum Gasteiger partial charge on any atom is -0.373 e. The number of nitrogens with one attached hydrogen (secondary N) is 1. The van der Waals surface area contributed by atoms with Crippen molar-refractivity contribution in [3.63, 3.8) is 0 Å². The molecule has 0 aliphatic carbocycles. The first kappa shape index (κ1) is 12.3. The van der Waals surface area contributed by atoms with Crippen molar-refractivity contribution in [3.05, 3.63) is 42.0 Å². The van der Waals surface area contributed by atoms with Crippen molar-refractivity contribution >= 4 is 11.6 Å². The van der Waals surface area contributed by atoms with Crippen molar-refractivity contribution in [2.24, 2.45) is 0 Å². The summed E-state index contributed by atoms with van der Waals surface area (Å²) in [7, 11) is 3.88. The standard InChI is InChI=1S/C13H17N5/c1-10-12(14-2)16-9-17-13(10)18(3)8-11-5-4-6-15-7-11/h4-7,9H,8H2,1-3H3,(H,14,16,17). The topological polar surface area (TPSA) is 53.9 Å². The van der Waals surface area contributed by atoms with Gasteiger partial charge in [-0.3, -0.25) is 4.98 Å². The summed E-state index contributed by atoms with van der Waals surface area (Å²) in [6.45, 7) is 2.79. The molecular formula is C13H17N5. The summed E-state index contributed by atoms with van der Waals surface area (Å²) in [5.74, 6) is 1.79. The van der Waals surface area contributed by atoms with Crippen LogP contribution in [0.2, 0.25) is 0 Å². The van der Waals surface area contributed by atoms with Crippen LogP contribution < -0.4 is 10.2 Å². The molecule has 0 fully saturated rings.